The third-order valence-corrected chi connectivity index (χ3v) is 3.45. The van der Waals surface area contributed by atoms with E-state index in [0.29, 0.717) is 5.84 Å². The summed E-state index contributed by atoms with van der Waals surface area (Å²) in [6.07, 6.45) is 6.15. The minimum atomic E-state index is -0.311. The lowest BCUT2D eigenvalue weighted by molar-refractivity contribution is 0.197. The van der Waals surface area contributed by atoms with E-state index >= 15 is 0 Å². The van der Waals surface area contributed by atoms with Gasteiger partial charge in [0.25, 0.3) is 0 Å². The van der Waals surface area contributed by atoms with Crippen molar-refractivity contribution in [1.82, 2.24) is 4.90 Å². The monoisotopic (exact) mass is 239 g/mol. The van der Waals surface area contributed by atoms with E-state index in [4.69, 9.17) is 12.2 Å². The average molecular weight is 239 g/mol. The number of carbonyl (C=O) groups excluding carboxylic acids is 1. The highest BCUT2D eigenvalue weighted by atomic mass is 32.2. The minimum absolute atomic E-state index is 0.127. The highest BCUT2D eigenvalue weighted by Crippen LogP contribution is 2.19. The van der Waals surface area contributed by atoms with Crippen molar-refractivity contribution in [2.45, 2.75) is 32.4 Å². The molecule has 5 heteroatoms. The molecule has 0 saturated heterocycles. The molecule has 2 amide bonds. The second-order valence-corrected chi connectivity index (χ2v) is 4.96. The zero-order chi connectivity index (χ0) is 12.1. The zero-order valence-electron chi connectivity index (χ0n) is 9.64. The van der Waals surface area contributed by atoms with E-state index in [1.807, 2.05) is 18.7 Å². The van der Waals surface area contributed by atoms with Crippen LogP contribution in [0.1, 0.15) is 20.3 Å². The number of thioether (sulfide) groups is 1. The normalized spacial score (nSPS) is 21.8. The van der Waals surface area contributed by atoms with Gasteiger partial charge >= 0.3 is 6.03 Å². The van der Waals surface area contributed by atoms with Crippen LogP contribution in [0.3, 0.4) is 0 Å². The minimum Gasteiger partial charge on any atom is -0.385 e. The van der Waals surface area contributed by atoms with Crippen LogP contribution in [0.4, 0.5) is 4.79 Å². The van der Waals surface area contributed by atoms with Crippen LogP contribution in [0.2, 0.25) is 0 Å². The first-order valence-corrected chi connectivity index (χ1v) is 6.47. The second-order valence-electron chi connectivity index (χ2n) is 3.57. The number of nitrogens with two attached hydrogens (primary N) is 1. The van der Waals surface area contributed by atoms with Gasteiger partial charge in [0.05, 0.1) is 12.1 Å². The number of amides is 2. The first kappa shape index (κ1) is 12.9. The highest BCUT2D eigenvalue weighted by molar-refractivity contribution is 7.99. The molecule has 0 radical (unpaired) electrons. The number of urea groups is 1. The van der Waals surface area contributed by atoms with Crippen molar-refractivity contribution in [3.63, 3.8) is 0 Å². The maximum atomic E-state index is 11.6. The molecule has 0 bridgehead atoms. The topological polar surface area (TPSA) is 58.7 Å². The predicted molar refractivity (Wildman–Crippen MR) is 68.6 cm³/mol. The lowest BCUT2D eigenvalue weighted by Gasteiger charge is -2.26. The molecule has 2 N–H and O–H groups in total. The summed E-state index contributed by atoms with van der Waals surface area (Å²) in [4.78, 5) is 16.9. The molecule has 1 aliphatic heterocycles. The fourth-order valence-corrected chi connectivity index (χ4v) is 2.34. The number of terminal acetylenes is 1. The Morgan fingerprint density at radius 1 is 1.75 bits per heavy atom. The summed E-state index contributed by atoms with van der Waals surface area (Å²) in [5.41, 5.74) is 5.74. The van der Waals surface area contributed by atoms with E-state index < -0.39 is 0 Å². The van der Waals surface area contributed by atoms with Gasteiger partial charge in [0.2, 0.25) is 0 Å². The van der Waals surface area contributed by atoms with Crippen LogP contribution in [-0.2, 0) is 0 Å². The van der Waals surface area contributed by atoms with Crippen LogP contribution in [0.25, 0.3) is 0 Å². The van der Waals surface area contributed by atoms with Gasteiger partial charge < -0.3 is 5.73 Å². The summed E-state index contributed by atoms with van der Waals surface area (Å²) in [5.74, 6) is 4.95. The Labute approximate surface area is 101 Å². The fraction of sp³-hybridized carbons (Fsp3) is 0.636. The van der Waals surface area contributed by atoms with Crippen LogP contribution < -0.4 is 5.73 Å². The predicted octanol–water partition coefficient (Wildman–Crippen LogP) is 1.31. The summed E-state index contributed by atoms with van der Waals surface area (Å²) in [6.45, 7) is 3.91. The Hall–Kier alpha value is -1.15. The quantitative estimate of drug-likeness (QED) is 0.581. The van der Waals surface area contributed by atoms with Gasteiger partial charge in [-0.05, 0) is 24.9 Å². The van der Waals surface area contributed by atoms with E-state index in [-0.39, 0.29) is 18.1 Å². The number of nitrogens with zero attached hydrogens (tertiary/aromatic N) is 2. The standard InChI is InChI=1S/C11H17N3OS/c1-4-8(3)14-9(6-7-16-5-2)10(12)13-11(14)15/h1,8-9H,5-7H2,2-3H3,(H2,12,13,15). The number of hydrogen-bond donors (Lipinski definition) is 1. The van der Waals surface area contributed by atoms with Crippen molar-refractivity contribution in [2.75, 3.05) is 11.5 Å². The molecule has 4 nitrogen and oxygen atoms in total. The SMILES string of the molecule is C#CC(C)N1C(=O)N=C(N)C1CCSCC. The Morgan fingerprint density at radius 3 is 3.00 bits per heavy atom. The molecule has 0 saturated carbocycles. The summed E-state index contributed by atoms with van der Waals surface area (Å²) in [6, 6.07) is -0.694. The summed E-state index contributed by atoms with van der Waals surface area (Å²) >= 11 is 1.82. The first-order valence-electron chi connectivity index (χ1n) is 5.32. The van der Waals surface area contributed by atoms with Gasteiger partial charge in [0, 0.05) is 0 Å². The molecule has 0 aromatic carbocycles. The van der Waals surface area contributed by atoms with Gasteiger partial charge in [-0.15, -0.1) is 6.42 Å². The van der Waals surface area contributed by atoms with Gasteiger partial charge in [-0.2, -0.15) is 16.8 Å². The Balaban J connectivity index is 2.67. The van der Waals surface area contributed by atoms with E-state index in [1.54, 1.807) is 4.90 Å². The van der Waals surface area contributed by atoms with Crippen LogP contribution in [0.15, 0.2) is 4.99 Å². The number of rotatable bonds is 5. The van der Waals surface area contributed by atoms with Crippen LogP contribution >= 0.6 is 11.8 Å². The third kappa shape index (κ3) is 2.70. The van der Waals surface area contributed by atoms with Gasteiger partial charge in [-0.3, -0.25) is 4.90 Å². The van der Waals surface area contributed by atoms with E-state index in [2.05, 4.69) is 17.8 Å². The largest absolute Gasteiger partial charge is 0.385 e. The van der Waals surface area contributed by atoms with Crippen LogP contribution in [0.5, 0.6) is 0 Å². The fourth-order valence-electron chi connectivity index (χ4n) is 1.66. The van der Waals surface area contributed by atoms with Crippen molar-refractivity contribution in [2.24, 2.45) is 10.7 Å². The van der Waals surface area contributed by atoms with Gasteiger partial charge in [0.1, 0.15) is 5.84 Å². The zero-order valence-corrected chi connectivity index (χ0v) is 10.5. The molecule has 0 aliphatic carbocycles. The van der Waals surface area contributed by atoms with Crippen LogP contribution in [-0.4, -0.2) is 40.4 Å². The van der Waals surface area contributed by atoms with Crippen molar-refractivity contribution >= 4 is 23.6 Å². The van der Waals surface area contributed by atoms with Crippen molar-refractivity contribution in [3.8, 4) is 12.3 Å². The van der Waals surface area contributed by atoms with Crippen molar-refractivity contribution < 1.29 is 4.79 Å². The lowest BCUT2D eigenvalue weighted by atomic mass is 10.1. The van der Waals surface area contributed by atoms with Crippen molar-refractivity contribution in [1.29, 1.82) is 0 Å². The Kier molecular flexibility index (Phi) is 4.69. The smallest absolute Gasteiger partial charge is 0.346 e. The van der Waals surface area contributed by atoms with E-state index in [9.17, 15) is 4.79 Å². The van der Waals surface area contributed by atoms with Gasteiger partial charge in [0.15, 0.2) is 0 Å². The molecule has 88 valence electrons. The molecule has 16 heavy (non-hydrogen) atoms. The van der Waals surface area contributed by atoms with Crippen molar-refractivity contribution in [3.05, 3.63) is 0 Å². The molecule has 1 aliphatic rings. The molecule has 1 heterocycles. The molecular formula is C11H17N3OS. The van der Waals surface area contributed by atoms with E-state index in [0.717, 1.165) is 17.9 Å². The molecule has 2 atom stereocenters. The number of aliphatic imine (C=N–C) groups is 1. The molecule has 0 aromatic heterocycles. The van der Waals surface area contributed by atoms with Gasteiger partial charge in [-0.1, -0.05) is 12.8 Å². The average Bonchev–Trinajstić information content (AvgIpc) is 2.53. The highest BCUT2D eigenvalue weighted by Gasteiger charge is 2.35. The number of carbonyl (C=O) groups is 1. The Bertz CT molecular complexity index is 335. The molecule has 0 fully saturated rings. The Morgan fingerprint density at radius 2 is 2.44 bits per heavy atom. The summed E-state index contributed by atoms with van der Waals surface area (Å²) < 4.78 is 0. The molecule has 0 spiro atoms. The maximum Gasteiger partial charge on any atom is 0.346 e. The van der Waals surface area contributed by atoms with Crippen LogP contribution in [0, 0.1) is 12.3 Å². The summed E-state index contributed by atoms with van der Waals surface area (Å²) in [5, 5.41) is 0. The van der Waals surface area contributed by atoms with E-state index in [1.165, 1.54) is 0 Å². The second kappa shape index (κ2) is 5.80. The number of amidine groups is 1. The lowest BCUT2D eigenvalue weighted by Crippen LogP contribution is -2.45. The molecule has 2 unspecified atom stereocenters. The molecular weight excluding hydrogens is 222 g/mol. The first-order chi connectivity index (χ1) is 7.61. The molecule has 1 rings (SSSR count). The third-order valence-electron chi connectivity index (χ3n) is 2.52. The number of hydrogen-bond acceptors (Lipinski definition) is 3. The summed E-state index contributed by atoms with van der Waals surface area (Å²) in [7, 11) is 0. The molecule has 0 aromatic rings. The van der Waals surface area contributed by atoms with Gasteiger partial charge in [-0.25, -0.2) is 4.79 Å². The maximum absolute atomic E-state index is 11.6.